The predicted molar refractivity (Wildman–Crippen MR) is 97.1 cm³/mol. The Balaban J connectivity index is 1.67. The van der Waals surface area contributed by atoms with Gasteiger partial charge in [-0.25, -0.2) is 0 Å². The highest BCUT2D eigenvalue weighted by molar-refractivity contribution is 9.11. The molecule has 3 heterocycles. The fourth-order valence-electron chi connectivity index (χ4n) is 2.83. The minimum Gasteiger partial charge on any atom is -0.340 e. The Kier molecular flexibility index (Phi) is 4.89. The van der Waals surface area contributed by atoms with Gasteiger partial charge in [-0.15, -0.1) is 22.7 Å². The van der Waals surface area contributed by atoms with Gasteiger partial charge < -0.3 is 10.2 Å². The zero-order valence-corrected chi connectivity index (χ0v) is 16.1. The van der Waals surface area contributed by atoms with Crippen molar-refractivity contribution in [3.05, 3.63) is 42.7 Å². The monoisotopic (exact) mass is 412 g/mol. The van der Waals surface area contributed by atoms with Crippen molar-refractivity contribution in [2.45, 2.75) is 32.4 Å². The lowest BCUT2D eigenvalue weighted by Gasteiger charge is -2.35. The molecule has 1 aliphatic heterocycles. The Morgan fingerprint density at radius 2 is 2.17 bits per heavy atom. The van der Waals surface area contributed by atoms with Gasteiger partial charge in [0.15, 0.2) is 0 Å². The largest absolute Gasteiger partial charge is 0.340 e. The number of halogens is 1. The Hall–Kier alpha value is -1.18. The van der Waals surface area contributed by atoms with E-state index >= 15 is 0 Å². The van der Waals surface area contributed by atoms with E-state index in [4.69, 9.17) is 0 Å². The summed E-state index contributed by atoms with van der Waals surface area (Å²) in [5, 5.41) is 4.89. The maximum absolute atomic E-state index is 12.7. The van der Waals surface area contributed by atoms with Gasteiger partial charge in [0.05, 0.1) is 14.7 Å². The molecule has 0 saturated carbocycles. The van der Waals surface area contributed by atoms with Gasteiger partial charge in [0.25, 0.3) is 5.91 Å². The van der Waals surface area contributed by atoms with Crippen LogP contribution in [0.15, 0.2) is 27.4 Å². The van der Waals surface area contributed by atoms with Crippen LogP contribution in [0.3, 0.4) is 0 Å². The van der Waals surface area contributed by atoms with Crippen LogP contribution in [-0.2, 0) is 11.2 Å². The first kappa shape index (κ1) is 16.7. The van der Waals surface area contributed by atoms with Crippen LogP contribution in [0.25, 0.3) is 0 Å². The minimum atomic E-state index is -0.536. The van der Waals surface area contributed by atoms with Gasteiger partial charge in [-0.05, 0) is 65.3 Å². The first-order valence-corrected chi connectivity index (χ1v) is 9.89. The molecule has 2 amide bonds. The van der Waals surface area contributed by atoms with Gasteiger partial charge in [0.2, 0.25) is 5.91 Å². The summed E-state index contributed by atoms with van der Waals surface area (Å²) < 4.78 is 0.899. The van der Waals surface area contributed by atoms with E-state index in [0.717, 1.165) is 10.2 Å². The number of carbonyl (C=O) groups is 2. The quantitative estimate of drug-likeness (QED) is 0.832. The summed E-state index contributed by atoms with van der Waals surface area (Å²) in [5.74, 6) is -0.235. The first-order valence-electron chi connectivity index (χ1n) is 7.40. The molecular formula is C16H17BrN2O2S2. The van der Waals surface area contributed by atoms with E-state index in [-0.39, 0.29) is 17.9 Å². The second-order valence-electron chi connectivity index (χ2n) is 5.56. The van der Waals surface area contributed by atoms with Gasteiger partial charge >= 0.3 is 0 Å². The van der Waals surface area contributed by atoms with Crippen molar-refractivity contribution < 1.29 is 9.59 Å². The molecule has 7 heteroatoms. The third kappa shape index (κ3) is 3.36. The van der Waals surface area contributed by atoms with E-state index < -0.39 is 6.04 Å². The molecule has 2 atom stereocenters. The molecule has 1 aliphatic rings. The molecule has 23 heavy (non-hydrogen) atoms. The molecular weight excluding hydrogens is 396 g/mol. The van der Waals surface area contributed by atoms with Crippen molar-refractivity contribution in [3.8, 4) is 0 Å². The average Bonchev–Trinajstić information content (AvgIpc) is 3.16. The molecule has 3 rings (SSSR count). The normalized spacial score (nSPS) is 18.4. The summed E-state index contributed by atoms with van der Waals surface area (Å²) >= 11 is 6.45. The second-order valence-corrected chi connectivity index (χ2v) is 9.02. The van der Waals surface area contributed by atoms with Crippen LogP contribution in [0, 0.1) is 0 Å². The molecule has 0 spiro atoms. The molecule has 0 bridgehead atoms. The number of amides is 2. The molecule has 4 nitrogen and oxygen atoms in total. The van der Waals surface area contributed by atoms with E-state index in [0.29, 0.717) is 11.4 Å². The highest BCUT2D eigenvalue weighted by Gasteiger charge is 2.31. The lowest BCUT2D eigenvalue weighted by molar-refractivity contribution is -0.135. The van der Waals surface area contributed by atoms with E-state index in [9.17, 15) is 9.59 Å². The van der Waals surface area contributed by atoms with Crippen LogP contribution >= 0.6 is 38.6 Å². The number of carbonyl (C=O) groups excluding carboxylic acids is 2. The number of nitrogens with one attached hydrogen (secondary N) is 1. The molecule has 0 fully saturated rings. The summed E-state index contributed by atoms with van der Waals surface area (Å²) in [4.78, 5) is 28.8. The molecule has 0 radical (unpaired) electrons. The molecule has 122 valence electrons. The van der Waals surface area contributed by atoms with Crippen molar-refractivity contribution >= 4 is 50.4 Å². The van der Waals surface area contributed by atoms with Gasteiger partial charge in [0, 0.05) is 11.4 Å². The third-order valence-electron chi connectivity index (χ3n) is 4.08. The molecule has 1 N–H and O–H groups in total. The summed E-state index contributed by atoms with van der Waals surface area (Å²) in [6, 6.07) is 5.20. The summed E-state index contributed by atoms with van der Waals surface area (Å²) in [6.45, 7) is 4.50. The fraction of sp³-hybridized carbons (Fsp3) is 0.375. The number of nitrogens with zero attached hydrogens (tertiary/aromatic N) is 1. The topological polar surface area (TPSA) is 49.4 Å². The van der Waals surface area contributed by atoms with Gasteiger partial charge in [-0.2, -0.15) is 0 Å². The maximum Gasteiger partial charge on any atom is 0.262 e. The Morgan fingerprint density at radius 1 is 1.39 bits per heavy atom. The van der Waals surface area contributed by atoms with Crippen molar-refractivity contribution in [3.63, 3.8) is 0 Å². The average molecular weight is 413 g/mol. The smallest absolute Gasteiger partial charge is 0.262 e. The van der Waals surface area contributed by atoms with Crippen LogP contribution < -0.4 is 5.32 Å². The van der Waals surface area contributed by atoms with Crippen molar-refractivity contribution in [1.82, 2.24) is 10.2 Å². The van der Waals surface area contributed by atoms with Crippen molar-refractivity contribution in [2.75, 3.05) is 6.54 Å². The van der Waals surface area contributed by atoms with E-state index in [1.165, 1.54) is 21.8 Å². The number of thiophene rings is 2. The zero-order valence-electron chi connectivity index (χ0n) is 12.8. The van der Waals surface area contributed by atoms with E-state index in [1.54, 1.807) is 24.3 Å². The first-order chi connectivity index (χ1) is 11.0. The highest BCUT2D eigenvalue weighted by Crippen LogP contribution is 2.33. The van der Waals surface area contributed by atoms with Crippen LogP contribution in [0.1, 0.15) is 40.0 Å². The van der Waals surface area contributed by atoms with Crippen LogP contribution in [0.5, 0.6) is 0 Å². The number of hydrogen-bond donors (Lipinski definition) is 1. The van der Waals surface area contributed by atoms with Crippen molar-refractivity contribution in [1.29, 1.82) is 0 Å². The van der Waals surface area contributed by atoms with Gasteiger partial charge in [-0.3, -0.25) is 9.59 Å². The third-order valence-corrected chi connectivity index (χ3v) is 6.69. The highest BCUT2D eigenvalue weighted by atomic mass is 79.9. The van der Waals surface area contributed by atoms with E-state index in [1.807, 2.05) is 17.9 Å². The molecule has 2 aromatic heterocycles. The number of fused-ring (bicyclic) bond motifs is 1. The Bertz CT molecular complexity index is 740. The van der Waals surface area contributed by atoms with Crippen LogP contribution in [0.2, 0.25) is 0 Å². The second kappa shape index (κ2) is 6.75. The Morgan fingerprint density at radius 3 is 2.87 bits per heavy atom. The summed E-state index contributed by atoms with van der Waals surface area (Å²) in [5.41, 5.74) is 1.23. The molecule has 0 aromatic carbocycles. The van der Waals surface area contributed by atoms with Gasteiger partial charge in [0.1, 0.15) is 6.04 Å². The lowest BCUT2D eigenvalue weighted by atomic mass is 10.0. The summed E-state index contributed by atoms with van der Waals surface area (Å²) in [7, 11) is 0. The lowest BCUT2D eigenvalue weighted by Crippen LogP contribution is -2.49. The molecule has 0 saturated heterocycles. The molecule has 2 unspecified atom stereocenters. The molecule has 2 aromatic rings. The van der Waals surface area contributed by atoms with Gasteiger partial charge in [-0.1, -0.05) is 0 Å². The van der Waals surface area contributed by atoms with Crippen molar-refractivity contribution in [2.24, 2.45) is 0 Å². The summed E-state index contributed by atoms with van der Waals surface area (Å²) in [6.07, 6.45) is 0.890. The van der Waals surface area contributed by atoms with Crippen LogP contribution in [0.4, 0.5) is 0 Å². The standard InChI is InChI=1S/C16H17BrN2O2S2/c1-9(18-15(20)13-3-4-14(17)23-13)16(21)19-7-5-12-11(10(19)2)6-8-22-12/h3-4,6,8-10H,5,7H2,1-2H3,(H,18,20). The SMILES string of the molecule is CC(NC(=O)c1ccc(Br)s1)C(=O)N1CCc2sccc2C1C. The number of hydrogen-bond acceptors (Lipinski definition) is 4. The van der Waals surface area contributed by atoms with E-state index in [2.05, 4.69) is 32.7 Å². The zero-order chi connectivity index (χ0) is 16.6. The predicted octanol–water partition coefficient (Wildman–Crippen LogP) is 3.84. The van der Waals surface area contributed by atoms with Crippen LogP contribution in [-0.4, -0.2) is 29.3 Å². The maximum atomic E-state index is 12.7. The Labute approximate surface area is 151 Å². The minimum absolute atomic E-state index is 0.0293. The molecule has 0 aliphatic carbocycles. The fourth-order valence-corrected chi connectivity index (χ4v) is 5.08. The number of rotatable bonds is 3.